The molecule has 1 aliphatic carbocycles. The van der Waals surface area contributed by atoms with Crippen molar-refractivity contribution in [3.8, 4) is 0 Å². The van der Waals surface area contributed by atoms with Crippen LogP contribution in [0.5, 0.6) is 0 Å². The summed E-state index contributed by atoms with van der Waals surface area (Å²) in [4.78, 5) is 27.0. The summed E-state index contributed by atoms with van der Waals surface area (Å²) in [7, 11) is 0. The van der Waals surface area contributed by atoms with Gasteiger partial charge in [0.25, 0.3) is 0 Å². The molecule has 2 unspecified atom stereocenters. The zero-order valence-corrected chi connectivity index (χ0v) is 12.0. The van der Waals surface area contributed by atoms with Gasteiger partial charge in [0, 0.05) is 6.04 Å². The van der Waals surface area contributed by atoms with Crippen molar-refractivity contribution in [1.82, 2.24) is 10.2 Å². The van der Waals surface area contributed by atoms with Crippen molar-refractivity contribution in [2.45, 2.75) is 71.0 Å². The number of rotatable bonds is 3. The van der Waals surface area contributed by atoms with E-state index in [1.165, 1.54) is 0 Å². The minimum Gasteiger partial charge on any atom is -0.340 e. The Bertz CT molecular complexity index is 389. The lowest BCUT2D eigenvalue weighted by Gasteiger charge is -2.52. The minimum absolute atomic E-state index is 0.00676. The average Bonchev–Trinajstić information content (AvgIpc) is 3.10. The summed E-state index contributed by atoms with van der Waals surface area (Å²) in [6, 6.07) is 0.0478. The van der Waals surface area contributed by atoms with Gasteiger partial charge in [0.1, 0.15) is 11.1 Å². The first-order valence-electron chi connectivity index (χ1n) is 6.93. The van der Waals surface area contributed by atoms with Crippen LogP contribution in [-0.4, -0.2) is 33.8 Å². The Morgan fingerprint density at radius 3 is 2.28 bits per heavy atom. The Balaban J connectivity index is 2.42. The number of piperazine rings is 1. The van der Waals surface area contributed by atoms with Gasteiger partial charge in [-0.3, -0.25) is 9.59 Å². The third-order valence-electron chi connectivity index (χ3n) is 4.66. The first-order chi connectivity index (χ1) is 8.27. The second kappa shape index (κ2) is 3.97. The molecule has 0 aromatic heterocycles. The highest BCUT2D eigenvalue weighted by Crippen LogP contribution is 2.44. The number of nitrogens with one attached hydrogen (secondary N) is 1. The zero-order chi connectivity index (χ0) is 13.7. The van der Waals surface area contributed by atoms with E-state index < -0.39 is 11.1 Å². The maximum Gasteiger partial charge on any atom is 0.249 e. The molecule has 18 heavy (non-hydrogen) atoms. The molecule has 4 heteroatoms. The quantitative estimate of drug-likeness (QED) is 0.831. The topological polar surface area (TPSA) is 49.4 Å². The van der Waals surface area contributed by atoms with Crippen molar-refractivity contribution in [2.75, 3.05) is 0 Å². The van der Waals surface area contributed by atoms with Crippen molar-refractivity contribution in [2.24, 2.45) is 5.92 Å². The predicted molar refractivity (Wildman–Crippen MR) is 69.9 cm³/mol. The number of carbonyl (C=O) groups excluding carboxylic acids is 2. The van der Waals surface area contributed by atoms with Gasteiger partial charge in [-0.15, -0.1) is 0 Å². The van der Waals surface area contributed by atoms with E-state index in [0.29, 0.717) is 12.3 Å². The third kappa shape index (κ3) is 1.65. The van der Waals surface area contributed by atoms with Crippen molar-refractivity contribution >= 4 is 11.8 Å². The second-order valence-corrected chi connectivity index (χ2v) is 6.33. The molecule has 2 atom stereocenters. The SMILES string of the molecule is CCC1(C)C(=O)NC(C)(C2CC2)C(=O)N1C(C)C. The maximum atomic E-state index is 12.8. The highest BCUT2D eigenvalue weighted by Gasteiger charge is 2.59. The van der Waals surface area contributed by atoms with Gasteiger partial charge in [-0.05, 0) is 52.9 Å². The molecular weight excluding hydrogens is 228 g/mol. The Morgan fingerprint density at radius 2 is 1.89 bits per heavy atom. The van der Waals surface area contributed by atoms with Gasteiger partial charge in [-0.2, -0.15) is 0 Å². The summed E-state index contributed by atoms with van der Waals surface area (Å²) in [5.41, 5.74) is -1.39. The van der Waals surface area contributed by atoms with Crippen LogP contribution in [0.4, 0.5) is 0 Å². The molecule has 4 nitrogen and oxygen atoms in total. The van der Waals surface area contributed by atoms with E-state index >= 15 is 0 Å². The van der Waals surface area contributed by atoms with Gasteiger partial charge in [-0.1, -0.05) is 6.92 Å². The third-order valence-corrected chi connectivity index (χ3v) is 4.66. The van der Waals surface area contributed by atoms with Crippen molar-refractivity contribution in [1.29, 1.82) is 0 Å². The Labute approximate surface area is 109 Å². The second-order valence-electron chi connectivity index (χ2n) is 6.33. The van der Waals surface area contributed by atoms with E-state index in [1.54, 1.807) is 4.90 Å². The summed E-state index contributed by atoms with van der Waals surface area (Å²) < 4.78 is 0. The summed E-state index contributed by atoms with van der Waals surface area (Å²) in [5, 5.41) is 3.00. The van der Waals surface area contributed by atoms with Crippen molar-refractivity contribution < 1.29 is 9.59 Å². The van der Waals surface area contributed by atoms with E-state index in [2.05, 4.69) is 5.32 Å². The molecule has 2 rings (SSSR count). The molecule has 2 amide bonds. The molecule has 1 N–H and O–H groups in total. The molecule has 2 aliphatic rings. The largest absolute Gasteiger partial charge is 0.340 e. The van der Waals surface area contributed by atoms with Gasteiger partial charge in [0.15, 0.2) is 0 Å². The normalized spacial score (nSPS) is 37.1. The van der Waals surface area contributed by atoms with Crippen molar-refractivity contribution in [3.05, 3.63) is 0 Å². The molecule has 102 valence electrons. The Hall–Kier alpha value is -1.06. The Morgan fingerprint density at radius 1 is 1.33 bits per heavy atom. The molecule has 0 radical (unpaired) electrons. The fraction of sp³-hybridized carbons (Fsp3) is 0.857. The van der Waals surface area contributed by atoms with Gasteiger partial charge in [0.05, 0.1) is 0 Å². The van der Waals surface area contributed by atoms with Crippen LogP contribution in [0.1, 0.15) is 53.9 Å². The zero-order valence-electron chi connectivity index (χ0n) is 12.0. The number of carbonyl (C=O) groups is 2. The lowest BCUT2D eigenvalue weighted by molar-refractivity contribution is -0.165. The highest BCUT2D eigenvalue weighted by atomic mass is 16.2. The maximum absolute atomic E-state index is 12.8. The molecule has 0 spiro atoms. The van der Waals surface area contributed by atoms with Gasteiger partial charge in [-0.25, -0.2) is 0 Å². The lowest BCUT2D eigenvalue weighted by Crippen LogP contribution is -2.75. The number of amides is 2. The van der Waals surface area contributed by atoms with Crippen LogP contribution in [0.2, 0.25) is 0 Å². The van der Waals surface area contributed by atoms with Crippen LogP contribution >= 0.6 is 0 Å². The molecular formula is C14H24N2O2. The minimum atomic E-state index is -0.709. The molecule has 0 bridgehead atoms. The predicted octanol–water partition coefficient (Wildman–Crippen LogP) is 1.69. The standard InChI is InChI=1S/C14H24N2O2/c1-6-13(4)11(17)15-14(5,10-7-8-10)12(18)16(13)9(2)3/h9-10H,6-8H2,1-5H3,(H,15,17). The molecule has 2 fully saturated rings. The van der Waals surface area contributed by atoms with Gasteiger partial charge >= 0.3 is 0 Å². The van der Waals surface area contributed by atoms with Gasteiger partial charge in [0.2, 0.25) is 11.8 Å². The highest BCUT2D eigenvalue weighted by molar-refractivity contribution is 6.02. The summed E-state index contributed by atoms with van der Waals surface area (Å²) >= 11 is 0. The number of hydrogen-bond donors (Lipinski definition) is 1. The number of hydrogen-bond acceptors (Lipinski definition) is 2. The summed E-state index contributed by atoms with van der Waals surface area (Å²) in [5.74, 6) is 0.397. The molecule has 1 aliphatic heterocycles. The van der Waals surface area contributed by atoms with Crippen molar-refractivity contribution in [3.63, 3.8) is 0 Å². The van der Waals surface area contributed by atoms with E-state index in [0.717, 1.165) is 12.8 Å². The van der Waals surface area contributed by atoms with Gasteiger partial charge < -0.3 is 10.2 Å². The van der Waals surface area contributed by atoms with Crippen LogP contribution < -0.4 is 5.32 Å². The van der Waals surface area contributed by atoms with Crippen LogP contribution in [0.25, 0.3) is 0 Å². The first kappa shape index (κ1) is 13.4. The summed E-state index contributed by atoms with van der Waals surface area (Å²) in [6.07, 6.45) is 2.72. The Kier molecular flexibility index (Phi) is 2.95. The molecule has 1 saturated carbocycles. The monoisotopic (exact) mass is 252 g/mol. The fourth-order valence-electron chi connectivity index (χ4n) is 3.08. The van der Waals surface area contributed by atoms with E-state index in [1.807, 2.05) is 34.6 Å². The number of nitrogens with zero attached hydrogens (tertiary/aromatic N) is 1. The van der Waals surface area contributed by atoms with Crippen LogP contribution in [-0.2, 0) is 9.59 Å². The lowest BCUT2D eigenvalue weighted by atomic mass is 9.82. The molecule has 1 saturated heterocycles. The van der Waals surface area contributed by atoms with E-state index in [9.17, 15) is 9.59 Å². The molecule has 0 aromatic carbocycles. The fourth-order valence-corrected chi connectivity index (χ4v) is 3.08. The van der Waals surface area contributed by atoms with E-state index in [4.69, 9.17) is 0 Å². The smallest absolute Gasteiger partial charge is 0.249 e. The molecule has 0 aromatic rings. The van der Waals surface area contributed by atoms with Crippen LogP contribution in [0, 0.1) is 5.92 Å². The summed E-state index contributed by atoms with van der Waals surface area (Å²) in [6.45, 7) is 9.68. The van der Waals surface area contributed by atoms with Crippen LogP contribution in [0.15, 0.2) is 0 Å². The molecule has 1 heterocycles. The first-order valence-corrected chi connectivity index (χ1v) is 6.93. The average molecular weight is 252 g/mol. The van der Waals surface area contributed by atoms with E-state index in [-0.39, 0.29) is 17.9 Å². The van der Waals surface area contributed by atoms with Crippen LogP contribution in [0.3, 0.4) is 0 Å².